The SMILES string of the molecule is C=CN(CC1(O)C(Cc2ccc(Cl)cc2)CCC1C(C)C)/N=C\N. The minimum absolute atomic E-state index is 0.168. The van der Waals surface area contributed by atoms with Crippen molar-refractivity contribution in [1.29, 1.82) is 0 Å². The van der Waals surface area contributed by atoms with Gasteiger partial charge >= 0.3 is 0 Å². The molecule has 3 unspecified atom stereocenters. The molecule has 24 heavy (non-hydrogen) atoms. The van der Waals surface area contributed by atoms with Crippen LogP contribution >= 0.6 is 11.6 Å². The van der Waals surface area contributed by atoms with Crippen molar-refractivity contribution in [3.63, 3.8) is 0 Å². The molecule has 0 spiro atoms. The number of nitrogens with two attached hydrogens (primary N) is 1. The van der Waals surface area contributed by atoms with Crippen molar-refractivity contribution < 1.29 is 5.11 Å². The molecule has 1 saturated carbocycles. The minimum atomic E-state index is -0.825. The van der Waals surface area contributed by atoms with E-state index in [1.54, 1.807) is 11.2 Å². The molecule has 1 aliphatic rings. The first-order chi connectivity index (χ1) is 11.4. The van der Waals surface area contributed by atoms with E-state index < -0.39 is 5.60 Å². The summed E-state index contributed by atoms with van der Waals surface area (Å²) in [5, 5.41) is 18.1. The number of nitrogens with zero attached hydrogens (tertiary/aromatic N) is 2. The summed E-state index contributed by atoms with van der Waals surface area (Å²) in [5.74, 6) is 0.797. The molecule has 0 bridgehead atoms. The lowest BCUT2D eigenvalue weighted by Gasteiger charge is -2.39. The topological polar surface area (TPSA) is 61.8 Å². The number of aliphatic hydroxyl groups is 1. The summed E-state index contributed by atoms with van der Waals surface area (Å²) in [7, 11) is 0. The van der Waals surface area contributed by atoms with Gasteiger partial charge in [-0.1, -0.05) is 44.2 Å². The summed E-state index contributed by atoms with van der Waals surface area (Å²) >= 11 is 5.98. The van der Waals surface area contributed by atoms with Gasteiger partial charge in [0.05, 0.1) is 12.1 Å². The molecule has 1 aromatic rings. The highest BCUT2D eigenvalue weighted by atomic mass is 35.5. The normalized spacial score (nSPS) is 27.0. The Morgan fingerprint density at radius 3 is 2.62 bits per heavy atom. The van der Waals surface area contributed by atoms with Gasteiger partial charge in [-0.25, -0.2) is 0 Å². The van der Waals surface area contributed by atoms with E-state index in [0.29, 0.717) is 12.5 Å². The fourth-order valence-corrected chi connectivity index (χ4v) is 4.15. The molecule has 0 aromatic heterocycles. The molecule has 0 saturated heterocycles. The van der Waals surface area contributed by atoms with Crippen LogP contribution in [-0.2, 0) is 6.42 Å². The molecule has 3 atom stereocenters. The van der Waals surface area contributed by atoms with Crippen LogP contribution in [0.5, 0.6) is 0 Å². The molecule has 0 aliphatic heterocycles. The van der Waals surface area contributed by atoms with Gasteiger partial charge in [0.15, 0.2) is 0 Å². The van der Waals surface area contributed by atoms with Crippen molar-refractivity contribution >= 4 is 17.9 Å². The number of benzene rings is 1. The Kier molecular flexibility index (Phi) is 6.30. The number of hydrogen-bond acceptors (Lipinski definition) is 3. The molecular formula is C19H28ClN3O. The van der Waals surface area contributed by atoms with Gasteiger partial charge in [-0.15, -0.1) is 0 Å². The average molecular weight is 350 g/mol. The molecule has 2 rings (SSSR count). The average Bonchev–Trinajstić information content (AvgIpc) is 2.86. The largest absolute Gasteiger partial charge is 0.388 e. The maximum Gasteiger partial charge on any atom is 0.106 e. The minimum Gasteiger partial charge on any atom is -0.388 e. The van der Waals surface area contributed by atoms with Crippen LogP contribution < -0.4 is 5.73 Å². The predicted octanol–water partition coefficient (Wildman–Crippen LogP) is 3.64. The summed E-state index contributed by atoms with van der Waals surface area (Å²) < 4.78 is 0. The van der Waals surface area contributed by atoms with E-state index in [-0.39, 0.29) is 11.8 Å². The zero-order chi connectivity index (χ0) is 17.7. The van der Waals surface area contributed by atoms with Crippen molar-refractivity contribution in [2.75, 3.05) is 6.54 Å². The monoisotopic (exact) mass is 349 g/mol. The van der Waals surface area contributed by atoms with E-state index in [1.807, 2.05) is 24.3 Å². The highest BCUT2D eigenvalue weighted by Crippen LogP contribution is 2.46. The summed E-state index contributed by atoms with van der Waals surface area (Å²) in [4.78, 5) is 0. The van der Waals surface area contributed by atoms with Gasteiger partial charge in [0.25, 0.3) is 0 Å². The highest BCUT2D eigenvalue weighted by Gasteiger charge is 2.50. The van der Waals surface area contributed by atoms with E-state index in [4.69, 9.17) is 17.3 Å². The molecule has 132 valence electrons. The first-order valence-electron chi connectivity index (χ1n) is 8.51. The van der Waals surface area contributed by atoms with Gasteiger partial charge in [0, 0.05) is 11.2 Å². The molecular weight excluding hydrogens is 322 g/mol. The Morgan fingerprint density at radius 1 is 1.42 bits per heavy atom. The third-order valence-electron chi connectivity index (χ3n) is 5.22. The van der Waals surface area contributed by atoms with Crippen LogP contribution in [0.2, 0.25) is 5.02 Å². The van der Waals surface area contributed by atoms with Gasteiger partial charge < -0.3 is 10.8 Å². The summed E-state index contributed by atoms with van der Waals surface area (Å²) in [6.07, 6.45) is 5.69. The second-order valence-electron chi connectivity index (χ2n) is 6.99. The van der Waals surface area contributed by atoms with Crippen LogP contribution in [-0.4, -0.2) is 28.6 Å². The smallest absolute Gasteiger partial charge is 0.106 e. The Balaban J connectivity index is 2.24. The maximum atomic E-state index is 11.6. The molecule has 3 N–H and O–H groups in total. The van der Waals surface area contributed by atoms with Gasteiger partial charge in [0.2, 0.25) is 0 Å². The first kappa shape index (κ1) is 18.8. The number of hydrogen-bond donors (Lipinski definition) is 2. The highest BCUT2D eigenvalue weighted by molar-refractivity contribution is 6.30. The molecule has 0 amide bonds. The second kappa shape index (κ2) is 8.04. The van der Waals surface area contributed by atoms with Gasteiger partial charge in [-0.2, -0.15) is 5.10 Å². The predicted molar refractivity (Wildman–Crippen MR) is 101 cm³/mol. The van der Waals surface area contributed by atoms with Crippen molar-refractivity contribution in [3.8, 4) is 0 Å². The van der Waals surface area contributed by atoms with Crippen LogP contribution in [0, 0.1) is 17.8 Å². The van der Waals surface area contributed by atoms with Crippen molar-refractivity contribution in [2.24, 2.45) is 28.6 Å². The van der Waals surface area contributed by atoms with Crippen molar-refractivity contribution in [2.45, 2.75) is 38.7 Å². The molecule has 0 heterocycles. The number of hydrazone groups is 1. The summed E-state index contributed by atoms with van der Waals surface area (Å²) in [5.41, 5.74) is 5.78. The maximum absolute atomic E-state index is 11.6. The Bertz CT molecular complexity index is 572. The molecule has 1 aromatic carbocycles. The Morgan fingerprint density at radius 2 is 2.08 bits per heavy atom. The third kappa shape index (κ3) is 4.11. The lowest BCUT2D eigenvalue weighted by molar-refractivity contribution is -0.0665. The van der Waals surface area contributed by atoms with Crippen LogP contribution in [0.4, 0.5) is 0 Å². The van der Waals surface area contributed by atoms with Crippen LogP contribution in [0.3, 0.4) is 0 Å². The second-order valence-corrected chi connectivity index (χ2v) is 7.43. The van der Waals surface area contributed by atoms with Gasteiger partial charge in [-0.3, -0.25) is 5.01 Å². The van der Waals surface area contributed by atoms with E-state index in [2.05, 4.69) is 25.5 Å². The number of halogens is 1. The van der Waals surface area contributed by atoms with Crippen molar-refractivity contribution in [3.05, 3.63) is 47.6 Å². The van der Waals surface area contributed by atoms with E-state index in [1.165, 1.54) is 11.9 Å². The molecule has 5 heteroatoms. The molecule has 1 fully saturated rings. The van der Waals surface area contributed by atoms with Crippen LogP contribution in [0.15, 0.2) is 42.1 Å². The van der Waals surface area contributed by atoms with E-state index in [9.17, 15) is 5.11 Å². The Labute approximate surface area is 150 Å². The van der Waals surface area contributed by atoms with Gasteiger partial charge in [0.1, 0.15) is 6.34 Å². The summed E-state index contributed by atoms with van der Waals surface area (Å²) in [6, 6.07) is 7.88. The zero-order valence-electron chi connectivity index (χ0n) is 14.5. The quantitative estimate of drug-likeness (QED) is 0.449. The van der Waals surface area contributed by atoms with E-state index in [0.717, 1.165) is 24.3 Å². The zero-order valence-corrected chi connectivity index (χ0v) is 15.3. The molecule has 0 radical (unpaired) electrons. The molecule has 4 nitrogen and oxygen atoms in total. The first-order valence-corrected chi connectivity index (χ1v) is 8.88. The lowest BCUT2D eigenvalue weighted by Crippen LogP contribution is -2.49. The van der Waals surface area contributed by atoms with Crippen LogP contribution in [0.25, 0.3) is 0 Å². The fourth-order valence-electron chi connectivity index (χ4n) is 4.02. The van der Waals surface area contributed by atoms with Crippen LogP contribution in [0.1, 0.15) is 32.3 Å². The number of rotatable bonds is 7. The van der Waals surface area contributed by atoms with E-state index >= 15 is 0 Å². The standard InChI is InChI=1S/C19H28ClN3O/c1-4-23(22-13-21)12-19(24)16(7-10-18(19)14(2)3)11-15-5-8-17(20)9-6-15/h4-6,8-9,13-14,16,18,24H,1,7,10-12H2,2-3H3,(H2,21,22). The third-order valence-corrected chi connectivity index (χ3v) is 5.47. The molecule has 1 aliphatic carbocycles. The summed E-state index contributed by atoms with van der Waals surface area (Å²) in [6.45, 7) is 8.52. The Hall–Kier alpha value is -1.52. The lowest BCUT2D eigenvalue weighted by atomic mass is 9.76. The van der Waals surface area contributed by atoms with Gasteiger partial charge in [-0.05, 0) is 54.7 Å². The fraction of sp³-hybridized carbons (Fsp3) is 0.526. The van der Waals surface area contributed by atoms with Crippen molar-refractivity contribution in [1.82, 2.24) is 5.01 Å².